The lowest BCUT2D eigenvalue weighted by atomic mass is 10.1. The van der Waals surface area contributed by atoms with Gasteiger partial charge in [0.1, 0.15) is 5.01 Å². The Balaban J connectivity index is 2.17. The number of nitrogens with one attached hydrogen (secondary N) is 1. The molecule has 144 valence electrons. The summed E-state index contributed by atoms with van der Waals surface area (Å²) in [6.45, 7) is 3.85. The number of esters is 1. The topological polar surface area (TPSA) is 124 Å². The molecule has 0 unspecified atom stereocenters. The van der Waals surface area contributed by atoms with Crippen molar-refractivity contribution in [1.82, 2.24) is 10.2 Å². The Labute approximate surface area is 159 Å². The third-order valence-corrected chi connectivity index (χ3v) is 4.48. The molecule has 1 aromatic heterocycles. The number of non-ortho nitro benzene ring substituents is 1. The summed E-state index contributed by atoms with van der Waals surface area (Å²) in [6, 6.07) is 3.43. The number of anilines is 1. The van der Waals surface area contributed by atoms with E-state index in [0.29, 0.717) is 5.13 Å². The highest BCUT2D eigenvalue weighted by molar-refractivity contribution is 7.15. The van der Waals surface area contributed by atoms with Gasteiger partial charge in [-0.05, 0) is 19.4 Å². The molecule has 1 N–H and O–H groups in total. The molecule has 0 spiro atoms. The summed E-state index contributed by atoms with van der Waals surface area (Å²) in [6.07, 6.45) is 3.96. The Morgan fingerprint density at radius 3 is 2.59 bits per heavy atom. The molecule has 1 amide bonds. The maximum absolute atomic E-state index is 12.4. The van der Waals surface area contributed by atoms with Crippen LogP contribution in [0.15, 0.2) is 18.2 Å². The quantitative estimate of drug-likeness (QED) is 0.299. The highest BCUT2D eigenvalue weighted by Gasteiger charge is 2.19. The van der Waals surface area contributed by atoms with Gasteiger partial charge in [0.25, 0.3) is 11.6 Å². The number of ether oxygens (including phenoxy) is 1. The number of carbonyl (C=O) groups is 2. The summed E-state index contributed by atoms with van der Waals surface area (Å²) in [4.78, 5) is 34.8. The fourth-order valence-corrected chi connectivity index (χ4v) is 3.06. The van der Waals surface area contributed by atoms with Gasteiger partial charge in [-0.1, -0.05) is 31.1 Å². The Kier molecular flexibility index (Phi) is 7.35. The lowest BCUT2D eigenvalue weighted by Crippen LogP contribution is -2.14. The fourth-order valence-electron chi connectivity index (χ4n) is 2.28. The van der Waals surface area contributed by atoms with E-state index in [0.717, 1.165) is 42.8 Å². The monoisotopic (exact) mass is 392 g/mol. The molecule has 1 heterocycles. The van der Waals surface area contributed by atoms with Crippen molar-refractivity contribution in [1.29, 1.82) is 0 Å². The number of aryl methyl sites for hydroxylation is 1. The van der Waals surface area contributed by atoms with E-state index in [2.05, 4.69) is 22.4 Å². The summed E-state index contributed by atoms with van der Waals surface area (Å²) in [5, 5.41) is 22.7. The van der Waals surface area contributed by atoms with Crippen LogP contribution < -0.4 is 5.32 Å². The largest absolute Gasteiger partial charge is 0.462 e. The Morgan fingerprint density at radius 1 is 1.19 bits per heavy atom. The molecule has 0 aliphatic carbocycles. The molecule has 0 bridgehead atoms. The molecule has 0 saturated heterocycles. The SMILES string of the molecule is CCCCCc1nnc(NC(=O)c2cc(C(=O)OCC)cc([N+](=O)[O-])c2)s1. The van der Waals surface area contributed by atoms with E-state index in [-0.39, 0.29) is 23.4 Å². The molecular weight excluding hydrogens is 372 g/mol. The summed E-state index contributed by atoms with van der Waals surface area (Å²) >= 11 is 1.26. The molecule has 0 aliphatic rings. The number of unbranched alkanes of at least 4 members (excludes halogenated alkanes) is 2. The van der Waals surface area contributed by atoms with Gasteiger partial charge in [-0.25, -0.2) is 4.79 Å². The first-order chi connectivity index (χ1) is 12.9. The molecule has 10 heteroatoms. The van der Waals surface area contributed by atoms with Crippen molar-refractivity contribution >= 4 is 34.0 Å². The first-order valence-electron chi connectivity index (χ1n) is 8.55. The van der Waals surface area contributed by atoms with Crippen molar-refractivity contribution in [2.24, 2.45) is 0 Å². The zero-order chi connectivity index (χ0) is 19.8. The van der Waals surface area contributed by atoms with Gasteiger partial charge in [0.2, 0.25) is 5.13 Å². The average Bonchev–Trinajstić information content (AvgIpc) is 3.09. The maximum Gasteiger partial charge on any atom is 0.338 e. The van der Waals surface area contributed by atoms with E-state index in [1.807, 2.05) is 0 Å². The molecule has 2 aromatic rings. The Morgan fingerprint density at radius 2 is 1.93 bits per heavy atom. The van der Waals surface area contributed by atoms with Gasteiger partial charge < -0.3 is 4.74 Å². The van der Waals surface area contributed by atoms with E-state index in [9.17, 15) is 19.7 Å². The van der Waals surface area contributed by atoms with Crippen LogP contribution in [0.3, 0.4) is 0 Å². The van der Waals surface area contributed by atoms with Gasteiger partial charge in [0.05, 0.1) is 17.1 Å². The van der Waals surface area contributed by atoms with Crippen LogP contribution >= 0.6 is 11.3 Å². The average molecular weight is 392 g/mol. The third-order valence-electron chi connectivity index (χ3n) is 3.58. The predicted octanol–water partition coefficient (Wildman–Crippen LogP) is 3.61. The van der Waals surface area contributed by atoms with E-state index in [1.165, 1.54) is 17.4 Å². The van der Waals surface area contributed by atoms with Crippen LogP contribution in [-0.2, 0) is 11.2 Å². The maximum atomic E-state index is 12.4. The Bertz CT molecular complexity index is 836. The normalized spacial score (nSPS) is 10.4. The first kappa shape index (κ1) is 20.4. The van der Waals surface area contributed by atoms with Crippen LogP contribution in [0.1, 0.15) is 58.8 Å². The van der Waals surface area contributed by atoms with Gasteiger partial charge >= 0.3 is 5.97 Å². The van der Waals surface area contributed by atoms with Crippen LogP contribution in [0.5, 0.6) is 0 Å². The van der Waals surface area contributed by atoms with Crippen LogP contribution in [0.2, 0.25) is 0 Å². The van der Waals surface area contributed by atoms with Crippen molar-refractivity contribution in [2.75, 3.05) is 11.9 Å². The lowest BCUT2D eigenvalue weighted by Gasteiger charge is -2.05. The van der Waals surface area contributed by atoms with Crippen molar-refractivity contribution in [3.63, 3.8) is 0 Å². The van der Waals surface area contributed by atoms with Gasteiger partial charge in [0, 0.05) is 24.1 Å². The van der Waals surface area contributed by atoms with Crippen LogP contribution in [0.4, 0.5) is 10.8 Å². The van der Waals surface area contributed by atoms with E-state index >= 15 is 0 Å². The molecule has 0 fully saturated rings. The van der Waals surface area contributed by atoms with Gasteiger partial charge in [-0.3, -0.25) is 20.2 Å². The minimum Gasteiger partial charge on any atom is -0.462 e. The van der Waals surface area contributed by atoms with Crippen LogP contribution in [0.25, 0.3) is 0 Å². The smallest absolute Gasteiger partial charge is 0.338 e. The van der Waals surface area contributed by atoms with Crippen molar-refractivity contribution in [3.05, 3.63) is 44.4 Å². The minimum atomic E-state index is -0.732. The Hall–Kier alpha value is -2.88. The number of nitro benzene ring substituents is 1. The zero-order valence-corrected chi connectivity index (χ0v) is 15.9. The summed E-state index contributed by atoms with van der Waals surface area (Å²) in [5.41, 5.74) is -0.466. The molecule has 9 nitrogen and oxygen atoms in total. The summed E-state index contributed by atoms with van der Waals surface area (Å²) in [7, 11) is 0. The second kappa shape index (κ2) is 9.72. The third kappa shape index (κ3) is 5.81. The molecular formula is C17H20N4O5S. The van der Waals surface area contributed by atoms with Crippen molar-refractivity contribution < 1.29 is 19.2 Å². The number of aromatic nitrogens is 2. The standard InChI is InChI=1S/C17H20N4O5S/c1-3-5-6-7-14-19-20-17(27-14)18-15(22)11-8-12(16(23)26-4-2)10-13(9-11)21(24)25/h8-10H,3-7H2,1-2H3,(H,18,20,22). The number of hydrogen-bond donors (Lipinski definition) is 1. The van der Waals surface area contributed by atoms with Crippen LogP contribution in [0, 0.1) is 10.1 Å². The second-order valence-electron chi connectivity index (χ2n) is 5.66. The molecule has 0 aliphatic heterocycles. The molecule has 0 radical (unpaired) electrons. The predicted molar refractivity (Wildman–Crippen MR) is 100 cm³/mol. The number of rotatable bonds is 9. The molecule has 2 rings (SSSR count). The highest BCUT2D eigenvalue weighted by Crippen LogP contribution is 2.21. The summed E-state index contributed by atoms with van der Waals surface area (Å²) in [5.74, 6) is -1.34. The number of nitro groups is 1. The summed E-state index contributed by atoms with van der Waals surface area (Å²) < 4.78 is 4.85. The van der Waals surface area contributed by atoms with E-state index < -0.39 is 16.8 Å². The van der Waals surface area contributed by atoms with E-state index in [4.69, 9.17) is 4.74 Å². The first-order valence-corrected chi connectivity index (χ1v) is 9.36. The van der Waals surface area contributed by atoms with Gasteiger partial charge in [-0.15, -0.1) is 10.2 Å². The number of benzene rings is 1. The van der Waals surface area contributed by atoms with E-state index in [1.54, 1.807) is 6.92 Å². The molecule has 0 saturated carbocycles. The second-order valence-corrected chi connectivity index (χ2v) is 6.72. The molecule has 1 aromatic carbocycles. The minimum absolute atomic E-state index is 0.0324. The van der Waals surface area contributed by atoms with Gasteiger partial charge in [-0.2, -0.15) is 0 Å². The number of carbonyl (C=O) groups excluding carboxylic acids is 2. The van der Waals surface area contributed by atoms with Crippen molar-refractivity contribution in [3.8, 4) is 0 Å². The fraction of sp³-hybridized carbons (Fsp3) is 0.412. The number of amides is 1. The lowest BCUT2D eigenvalue weighted by molar-refractivity contribution is -0.384. The highest BCUT2D eigenvalue weighted by atomic mass is 32.1. The number of nitrogens with zero attached hydrogens (tertiary/aromatic N) is 3. The van der Waals surface area contributed by atoms with Crippen molar-refractivity contribution in [2.45, 2.75) is 39.5 Å². The van der Waals surface area contributed by atoms with Gasteiger partial charge in [0.15, 0.2) is 0 Å². The van der Waals surface area contributed by atoms with Crippen LogP contribution in [-0.4, -0.2) is 33.6 Å². The zero-order valence-electron chi connectivity index (χ0n) is 15.1. The molecule has 27 heavy (non-hydrogen) atoms. The molecule has 0 atom stereocenters. The number of hydrogen-bond acceptors (Lipinski definition) is 8.